The molecule has 11 atom stereocenters. The van der Waals surface area contributed by atoms with Crippen LogP contribution in [-0.2, 0) is 52.4 Å². The Morgan fingerprint density at radius 1 is 0.620 bits per heavy atom. The van der Waals surface area contributed by atoms with Crippen molar-refractivity contribution < 1.29 is 111 Å². The van der Waals surface area contributed by atoms with Crippen LogP contribution in [-0.4, -0.2) is 106 Å². The number of amides is 1. The number of alkyl carbamates (subject to hydrolysis) is 1. The molecule has 92 heavy (non-hydrogen) atoms. The van der Waals surface area contributed by atoms with Crippen molar-refractivity contribution in [2.75, 3.05) is 6.61 Å². The number of nitrogens with one attached hydrogen (secondary N) is 1. The van der Waals surface area contributed by atoms with Gasteiger partial charge in [0.2, 0.25) is 0 Å². The fourth-order valence-corrected chi connectivity index (χ4v) is 12.2. The third-order valence-electron chi connectivity index (χ3n) is 17.5. The topological polar surface area (TPSA) is 210 Å². The van der Waals surface area contributed by atoms with Gasteiger partial charge in [0, 0.05) is 94.0 Å². The summed E-state index contributed by atoms with van der Waals surface area (Å²) in [5.41, 5.74) is -8.29. The zero-order valence-electron chi connectivity index (χ0n) is 57.3. The summed E-state index contributed by atoms with van der Waals surface area (Å²) in [6.45, 7) is 19.8. The number of rotatable bonds is 35. The molecule has 2 unspecified atom stereocenters. The quantitative estimate of drug-likeness (QED) is 0.0306. The number of hydrogen-bond acceptors (Lipinski definition) is 14. The summed E-state index contributed by atoms with van der Waals surface area (Å²) in [5.74, 6) is -6.32. The minimum atomic E-state index is -2.29. The number of hydrogen-bond donors (Lipinski definition) is 3. The second-order valence-corrected chi connectivity index (χ2v) is 25.9. The summed E-state index contributed by atoms with van der Waals surface area (Å²) in [7, 11) is 0. The van der Waals surface area contributed by atoms with Crippen LogP contribution >= 0.6 is 0 Å². The first-order chi connectivity index (χ1) is 43.3. The molecule has 0 spiro atoms. The van der Waals surface area contributed by atoms with Crippen molar-refractivity contribution in [3.63, 3.8) is 0 Å². The number of esters is 4. The molecule has 2 bridgehead atoms. The third kappa shape index (κ3) is 24.5. The summed E-state index contributed by atoms with van der Waals surface area (Å²) >= 11 is 0. The molecule has 1 aliphatic heterocycles. The van der Waals surface area contributed by atoms with Gasteiger partial charge in [0.15, 0.2) is 11.9 Å². The van der Waals surface area contributed by atoms with Crippen molar-refractivity contribution in [2.45, 2.75) is 252 Å². The van der Waals surface area contributed by atoms with Gasteiger partial charge in [-0.2, -0.15) is 0 Å². The molecule has 3 fully saturated rings. The minimum absolute atomic E-state index is 0. The summed E-state index contributed by atoms with van der Waals surface area (Å²) in [5, 5.41) is 29.4. The molecule has 2 saturated carbocycles. The maximum atomic E-state index is 16.3. The van der Waals surface area contributed by atoms with Crippen molar-refractivity contribution in [3.05, 3.63) is 157 Å². The normalized spacial score (nSPS) is 26.6. The van der Waals surface area contributed by atoms with Crippen LogP contribution in [0.2, 0.25) is 0 Å². The Bertz CT molecular complexity index is 2800. The van der Waals surface area contributed by atoms with E-state index >= 15 is 4.79 Å². The summed E-state index contributed by atoms with van der Waals surface area (Å²) in [6.07, 6.45) is 52.5. The minimum Gasteiger partial charge on any atom is -0.461 e. The summed E-state index contributed by atoms with van der Waals surface area (Å²) in [4.78, 5) is 85.3. The Labute approximate surface area is 586 Å². The Morgan fingerprint density at radius 2 is 1.02 bits per heavy atom. The van der Waals surface area contributed by atoms with E-state index in [0.29, 0.717) is 24.8 Å². The average molecular weight is 1490 g/mol. The second-order valence-electron chi connectivity index (χ2n) is 25.9. The van der Waals surface area contributed by atoms with Gasteiger partial charge >= 0.3 is 30.0 Å². The van der Waals surface area contributed by atoms with E-state index in [2.05, 4.69) is 129 Å². The number of Topliss-reactive ketones (excluding diaryl/α,β-unsaturated/α-hetero) is 1. The SMILES string of the molecule is CC/C=C\C/C=C\C/C=C\C/C=C\C/C=C\C/C=C\CCC(=O)O[C@H]1C(=O)[C@]2(C)[C@@H](OC(=O)CC/C=C\C/C=C\C/C=C\C/C=C\C/C=C\C/C=C\CC)C[C@H]3OC[C@@]3(O)[C@H]2[C@H](OC(C)=O)[C@]2(O)CC(OC(=O)C(C)[C@H](C)NC(=O)OC(C)(C)C)C(C)=C1C2(C)C.[Ac]. The number of carbonyl (C=O) groups is 6. The first-order valence-electron chi connectivity index (χ1n) is 33.2. The van der Waals surface area contributed by atoms with Crippen LogP contribution in [0.5, 0.6) is 0 Å². The molecule has 4 aliphatic rings. The van der Waals surface area contributed by atoms with E-state index < -0.39 is 118 Å². The molecule has 1 amide bonds. The molecule has 3 aliphatic carbocycles. The van der Waals surface area contributed by atoms with E-state index in [1.807, 2.05) is 36.5 Å². The molecule has 1 heterocycles. The fraction of sp³-hybridized carbons (Fsp3) is 0.579. The van der Waals surface area contributed by atoms with Gasteiger partial charge in [0.1, 0.15) is 35.1 Å². The van der Waals surface area contributed by atoms with Crippen LogP contribution in [0.3, 0.4) is 0 Å². The molecular weight excluding hydrogens is 1380 g/mol. The van der Waals surface area contributed by atoms with Crippen molar-refractivity contribution >= 4 is 35.8 Å². The van der Waals surface area contributed by atoms with Gasteiger partial charge in [-0.25, -0.2) is 4.79 Å². The van der Waals surface area contributed by atoms with Crippen molar-refractivity contribution in [2.24, 2.45) is 22.7 Å². The van der Waals surface area contributed by atoms with E-state index in [4.69, 9.17) is 28.4 Å². The van der Waals surface area contributed by atoms with Crippen molar-refractivity contribution in [1.29, 1.82) is 0 Å². The van der Waals surface area contributed by atoms with Gasteiger partial charge in [-0.15, -0.1) is 0 Å². The van der Waals surface area contributed by atoms with Gasteiger partial charge in [0.05, 0.1) is 24.0 Å². The van der Waals surface area contributed by atoms with Crippen LogP contribution in [0.1, 0.15) is 199 Å². The fourth-order valence-electron chi connectivity index (χ4n) is 12.2. The second kappa shape index (κ2) is 40.9. The van der Waals surface area contributed by atoms with Gasteiger partial charge in [-0.05, 0) is 150 Å². The van der Waals surface area contributed by atoms with Gasteiger partial charge in [-0.1, -0.05) is 174 Å². The monoisotopic (exact) mass is 1490 g/mol. The zero-order chi connectivity index (χ0) is 67.1. The smallest absolute Gasteiger partial charge is 0.407 e. The number of ether oxygens (including phenoxy) is 6. The van der Waals surface area contributed by atoms with Crippen LogP contribution in [0.15, 0.2) is 157 Å². The van der Waals surface area contributed by atoms with Crippen LogP contribution in [0, 0.1) is 66.7 Å². The van der Waals surface area contributed by atoms with E-state index in [-0.39, 0.29) is 81.9 Å². The zero-order valence-corrected chi connectivity index (χ0v) is 62.0. The first kappa shape index (κ1) is 81.0. The van der Waals surface area contributed by atoms with E-state index in [0.717, 1.165) is 71.1 Å². The molecule has 16 heteroatoms. The van der Waals surface area contributed by atoms with E-state index in [9.17, 15) is 34.2 Å². The maximum absolute atomic E-state index is 16.3. The Morgan fingerprint density at radius 3 is 1.40 bits per heavy atom. The number of allylic oxidation sites excluding steroid dienone is 24. The molecule has 15 nitrogen and oxygen atoms in total. The van der Waals surface area contributed by atoms with Crippen LogP contribution in [0.25, 0.3) is 0 Å². The van der Waals surface area contributed by atoms with Gasteiger partial charge in [0.25, 0.3) is 0 Å². The molecule has 505 valence electrons. The number of fused-ring (bicyclic) bond motifs is 5. The average Bonchev–Trinajstić information content (AvgIpc) is 0.673. The third-order valence-corrected chi connectivity index (χ3v) is 17.5. The molecule has 0 aromatic rings. The van der Waals surface area contributed by atoms with Gasteiger partial charge < -0.3 is 44.0 Å². The number of ketones is 1. The van der Waals surface area contributed by atoms with E-state index in [1.165, 1.54) is 6.92 Å². The number of aliphatic hydroxyl groups is 2. The Kier molecular flexibility index (Phi) is 36.0. The molecule has 1 radical (unpaired) electrons. The van der Waals surface area contributed by atoms with Crippen LogP contribution in [0.4, 0.5) is 4.79 Å². The largest absolute Gasteiger partial charge is 0.461 e. The van der Waals surface area contributed by atoms with Crippen molar-refractivity contribution in [3.8, 4) is 0 Å². The standard InChI is InChI=1S/C76H109NO14.Ac/c1-13-15-17-19-21-23-25-27-29-31-33-35-37-39-41-43-45-47-49-51-63(79)89-61-53-62-75(84,55-86-62)67-69(87-59(6)78)76(85)54-60(88-70(82)56(3)58(5)77-71(83)91-72(7,8)9)57(4)65(73(76,10)11)66(68(81)74(61,67)12)90-64(80)52-50-48-46-44-42-40-38-36-34-32-30-28-26-24-22-20-18-16-14-2;/h15-18,21-24,27-30,33-36,39-42,45-48,56,58,60-62,66-67,69,84-85H,13-14,19-20,25-26,31-32,37-38,43-44,49-55H2,1-12H3,(H,77,83);/b17-15-,18-16-,23-21-,24-22-,29-27-,30-28-,35-33-,36-34-,41-39-,42-40-,47-45-,48-46-;/t56?,58-,60?,61-,62+,66+,67-,69-,74+,75-,76+;/m0./s1. The molecule has 3 N–H and O–H groups in total. The predicted octanol–water partition coefficient (Wildman–Crippen LogP) is 15.4. The molecular formula is C76H109AcNO14. The van der Waals surface area contributed by atoms with Crippen LogP contribution < -0.4 is 5.32 Å². The first-order valence-corrected chi connectivity index (χ1v) is 33.2. The molecule has 0 aromatic heterocycles. The number of carbonyl (C=O) groups excluding carboxylic acids is 6. The Balaban J connectivity index is 0.0000221. The maximum Gasteiger partial charge on any atom is 0.407 e. The van der Waals surface area contributed by atoms with Crippen molar-refractivity contribution in [1.82, 2.24) is 5.32 Å². The molecule has 4 rings (SSSR count). The molecule has 1 saturated heterocycles. The molecule has 0 aromatic carbocycles. The summed E-state index contributed by atoms with van der Waals surface area (Å²) in [6, 6.07) is -0.799. The van der Waals surface area contributed by atoms with Gasteiger partial charge in [-0.3, -0.25) is 24.0 Å². The Hall–Kier alpha value is -5.24. The predicted molar refractivity (Wildman–Crippen MR) is 360 cm³/mol. The summed E-state index contributed by atoms with van der Waals surface area (Å²) < 4.78 is 36.6. The van der Waals surface area contributed by atoms with E-state index in [1.54, 1.807) is 55.4 Å².